The molecule has 4 aromatic carbocycles. The molecule has 4 heterocycles. The first kappa shape index (κ1) is 27.0. The predicted octanol–water partition coefficient (Wildman–Crippen LogP) is 6.43. The number of hydrogen-bond acceptors (Lipinski definition) is 7. The molecule has 4 atom stereocenters. The molecule has 0 unspecified atom stereocenters. The zero-order chi connectivity index (χ0) is 30.9. The zero-order valence-electron chi connectivity index (χ0n) is 24.5. The van der Waals surface area contributed by atoms with E-state index in [0.29, 0.717) is 28.3 Å². The van der Waals surface area contributed by atoms with E-state index >= 15 is 9.59 Å². The normalized spacial score (nSPS) is 22.6. The number of fused-ring (bicyclic) bond motifs is 7. The highest BCUT2D eigenvalue weighted by Crippen LogP contribution is 2.62. The quantitative estimate of drug-likeness (QED) is 0.226. The highest BCUT2D eigenvalue weighted by atomic mass is 16.5. The van der Waals surface area contributed by atoms with Crippen LogP contribution in [0.25, 0.3) is 17.0 Å². The van der Waals surface area contributed by atoms with Gasteiger partial charge in [-0.05, 0) is 59.2 Å². The van der Waals surface area contributed by atoms with Crippen LogP contribution in [0.2, 0.25) is 0 Å². The van der Waals surface area contributed by atoms with Gasteiger partial charge in [0.25, 0.3) is 0 Å². The number of ketones is 2. The molecule has 5 aromatic rings. The minimum Gasteiger partial charge on any atom is -0.497 e. The second-order valence-corrected chi connectivity index (χ2v) is 11.5. The second kappa shape index (κ2) is 9.95. The number of furan rings is 1. The van der Waals surface area contributed by atoms with Crippen molar-refractivity contribution in [2.75, 3.05) is 19.5 Å². The van der Waals surface area contributed by atoms with Gasteiger partial charge in [-0.2, -0.15) is 0 Å². The van der Waals surface area contributed by atoms with E-state index in [1.54, 1.807) is 30.3 Å². The highest BCUT2D eigenvalue weighted by molar-refractivity contribution is 6.17. The molecule has 3 aliphatic rings. The van der Waals surface area contributed by atoms with Gasteiger partial charge in [-0.15, -0.1) is 0 Å². The van der Waals surface area contributed by atoms with Crippen molar-refractivity contribution < 1.29 is 28.3 Å². The number of Topliss-reactive ketones (excluding diaryl/α,β-unsaturated/α-hetero) is 2. The van der Waals surface area contributed by atoms with Crippen LogP contribution in [0.3, 0.4) is 0 Å². The lowest BCUT2D eigenvalue weighted by molar-refractivity contribution is -0.122. The fraction of sp³-hybridized carbons (Fsp3) is 0.162. The molecule has 1 fully saturated rings. The first-order chi connectivity index (χ1) is 22.0. The summed E-state index contributed by atoms with van der Waals surface area (Å²) < 4.78 is 17.2. The summed E-state index contributed by atoms with van der Waals surface area (Å²) in [7, 11) is 3.01. The summed E-state index contributed by atoms with van der Waals surface area (Å²) in [6.07, 6.45) is 3.76. The smallest absolute Gasteiger partial charge is 0.238 e. The monoisotopic (exact) mass is 596 g/mol. The summed E-state index contributed by atoms with van der Waals surface area (Å²) in [4.78, 5) is 46.6. The number of carbonyl (C=O) groups excluding carboxylic acids is 3. The standard InChI is InChI=1S/C37H28N2O6/c1-43-23-15-16-29(44-2)25(20-23)33(40)32-31(34(41)30-19-22-10-4-8-14-28(22)45-30)37(26-12-6-7-13-27(26)38-36(37)42)35-24-11-5-3-9-21(24)17-18-39(32)35/h3-20,31-32,35H,1-2H3,(H,38,42)/t31-,32-,35+,37-/m0/s1. The molecular weight excluding hydrogens is 568 g/mol. The molecule has 1 N–H and O–H groups in total. The number of rotatable bonds is 6. The third-order valence-electron chi connectivity index (χ3n) is 9.46. The van der Waals surface area contributed by atoms with Gasteiger partial charge in [-0.3, -0.25) is 14.4 Å². The fourth-order valence-electron chi connectivity index (χ4n) is 7.59. The molecule has 0 radical (unpaired) electrons. The van der Waals surface area contributed by atoms with Crippen molar-refractivity contribution in [1.82, 2.24) is 4.90 Å². The average Bonchev–Trinajstić information content (AvgIpc) is 3.74. The van der Waals surface area contributed by atoms with Gasteiger partial charge in [0.05, 0.1) is 31.7 Å². The average molecular weight is 597 g/mol. The molecule has 222 valence electrons. The minimum atomic E-state index is -1.47. The number of amides is 1. The lowest BCUT2D eigenvalue weighted by Crippen LogP contribution is -2.49. The molecule has 1 amide bonds. The van der Waals surface area contributed by atoms with E-state index in [2.05, 4.69) is 5.32 Å². The van der Waals surface area contributed by atoms with Crippen LogP contribution < -0.4 is 14.8 Å². The van der Waals surface area contributed by atoms with Gasteiger partial charge >= 0.3 is 0 Å². The Labute approximate surface area is 258 Å². The van der Waals surface area contributed by atoms with Gasteiger partial charge in [0.2, 0.25) is 11.7 Å². The highest BCUT2D eigenvalue weighted by Gasteiger charge is 2.71. The van der Waals surface area contributed by atoms with Gasteiger partial charge in [0, 0.05) is 17.3 Å². The Morgan fingerprint density at radius 1 is 0.867 bits per heavy atom. The van der Waals surface area contributed by atoms with E-state index in [0.717, 1.165) is 16.5 Å². The van der Waals surface area contributed by atoms with Crippen LogP contribution in [0.4, 0.5) is 5.69 Å². The number of nitrogens with zero attached hydrogens (tertiary/aromatic N) is 1. The Kier molecular flexibility index (Phi) is 5.96. The summed E-state index contributed by atoms with van der Waals surface area (Å²) in [5, 5.41) is 3.82. The Hall–Kier alpha value is -5.63. The number of methoxy groups -OCH3 is 2. The van der Waals surface area contributed by atoms with Crippen molar-refractivity contribution in [2.24, 2.45) is 5.92 Å². The number of hydrogen-bond donors (Lipinski definition) is 1. The van der Waals surface area contributed by atoms with Crippen molar-refractivity contribution in [1.29, 1.82) is 0 Å². The van der Waals surface area contributed by atoms with Crippen LogP contribution in [-0.2, 0) is 10.2 Å². The van der Waals surface area contributed by atoms with Crippen molar-refractivity contribution in [3.8, 4) is 11.5 Å². The third-order valence-corrected chi connectivity index (χ3v) is 9.46. The number of nitrogens with one attached hydrogen (secondary N) is 1. The molecule has 1 aromatic heterocycles. The Morgan fingerprint density at radius 3 is 2.47 bits per heavy atom. The van der Waals surface area contributed by atoms with E-state index in [4.69, 9.17) is 13.9 Å². The van der Waals surface area contributed by atoms with Gasteiger partial charge in [0.15, 0.2) is 11.5 Å². The lowest BCUT2D eigenvalue weighted by atomic mass is 9.63. The van der Waals surface area contributed by atoms with Crippen molar-refractivity contribution >= 4 is 40.2 Å². The van der Waals surface area contributed by atoms with Crippen LogP contribution in [0.15, 0.2) is 108 Å². The summed E-state index contributed by atoms with van der Waals surface area (Å²) in [5.74, 6) is -1.43. The molecule has 1 saturated heterocycles. The molecular formula is C37H28N2O6. The maximum absolute atomic E-state index is 15.1. The van der Waals surface area contributed by atoms with Crippen molar-refractivity contribution in [3.63, 3.8) is 0 Å². The molecule has 1 spiro atoms. The van der Waals surface area contributed by atoms with Gasteiger partial charge in [-0.1, -0.05) is 60.7 Å². The number of benzene rings is 4. The van der Waals surface area contributed by atoms with Crippen molar-refractivity contribution in [2.45, 2.75) is 17.5 Å². The number of carbonyl (C=O) groups is 3. The second-order valence-electron chi connectivity index (χ2n) is 11.5. The predicted molar refractivity (Wildman–Crippen MR) is 169 cm³/mol. The fourth-order valence-corrected chi connectivity index (χ4v) is 7.59. The topological polar surface area (TPSA) is 98.1 Å². The summed E-state index contributed by atoms with van der Waals surface area (Å²) in [6, 6.07) is 27.5. The van der Waals surface area contributed by atoms with Crippen LogP contribution in [0.1, 0.15) is 43.6 Å². The number of para-hydroxylation sites is 2. The first-order valence-corrected chi connectivity index (χ1v) is 14.7. The van der Waals surface area contributed by atoms with E-state index in [1.165, 1.54) is 14.2 Å². The maximum Gasteiger partial charge on any atom is 0.238 e. The molecule has 0 saturated carbocycles. The molecule has 3 aliphatic heterocycles. The molecule has 0 aliphatic carbocycles. The summed E-state index contributed by atoms with van der Waals surface area (Å²) in [6.45, 7) is 0. The minimum absolute atomic E-state index is 0.0882. The van der Waals surface area contributed by atoms with Crippen LogP contribution in [-0.4, -0.2) is 42.6 Å². The SMILES string of the molecule is COc1ccc(OC)c(C(=O)[C@@H]2[C@@H](C(=O)c3cc4ccccc4o3)[C@]3(C(=O)Nc4ccccc43)[C@H]3c4ccccc4C=CN23)c1. The van der Waals surface area contributed by atoms with E-state index in [-0.39, 0.29) is 23.0 Å². The number of anilines is 1. The summed E-state index contributed by atoms with van der Waals surface area (Å²) >= 11 is 0. The molecule has 8 rings (SSSR count). The number of ether oxygens (including phenoxy) is 2. The van der Waals surface area contributed by atoms with Gasteiger partial charge in [0.1, 0.15) is 28.5 Å². The first-order valence-electron chi connectivity index (χ1n) is 14.7. The summed E-state index contributed by atoms with van der Waals surface area (Å²) in [5.41, 5.74) is 2.37. The molecule has 8 heteroatoms. The van der Waals surface area contributed by atoms with Gasteiger partial charge in [-0.25, -0.2) is 0 Å². The largest absolute Gasteiger partial charge is 0.497 e. The lowest BCUT2D eigenvalue weighted by Gasteiger charge is -2.38. The van der Waals surface area contributed by atoms with Crippen LogP contribution >= 0.6 is 0 Å². The third kappa shape index (κ3) is 3.68. The Balaban J connectivity index is 1.43. The van der Waals surface area contributed by atoms with Crippen LogP contribution in [0.5, 0.6) is 11.5 Å². The molecule has 0 bridgehead atoms. The Bertz CT molecular complexity index is 2050. The maximum atomic E-state index is 15.1. The van der Waals surface area contributed by atoms with Gasteiger partial charge < -0.3 is 24.1 Å². The van der Waals surface area contributed by atoms with Crippen LogP contribution in [0, 0.1) is 5.92 Å². The molecule has 45 heavy (non-hydrogen) atoms. The van der Waals surface area contributed by atoms with E-state index in [1.807, 2.05) is 83.9 Å². The van der Waals surface area contributed by atoms with E-state index in [9.17, 15) is 4.79 Å². The Morgan fingerprint density at radius 2 is 1.64 bits per heavy atom. The van der Waals surface area contributed by atoms with E-state index < -0.39 is 29.2 Å². The van der Waals surface area contributed by atoms with Crippen molar-refractivity contribution in [3.05, 3.63) is 131 Å². The zero-order valence-corrected chi connectivity index (χ0v) is 24.5. The molecule has 8 nitrogen and oxygen atoms in total.